The highest BCUT2D eigenvalue weighted by Crippen LogP contribution is 2.22. The average molecular weight is 205 g/mol. The van der Waals surface area contributed by atoms with Gasteiger partial charge in [0, 0.05) is 12.2 Å². The van der Waals surface area contributed by atoms with Crippen LogP contribution >= 0.6 is 0 Å². The molecule has 0 radical (unpaired) electrons. The van der Waals surface area contributed by atoms with Crippen LogP contribution in [-0.2, 0) is 0 Å². The van der Waals surface area contributed by atoms with Gasteiger partial charge in [0.05, 0.1) is 24.3 Å². The normalized spacial score (nSPS) is 15.1. The maximum atomic E-state index is 5.86. The Hall–Kier alpha value is -1.55. The molecular formula is C11H15N3O. The Balaban J connectivity index is 2.33. The summed E-state index contributed by atoms with van der Waals surface area (Å²) in [7, 11) is 0. The fourth-order valence-electron chi connectivity index (χ4n) is 1.66. The van der Waals surface area contributed by atoms with E-state index < -0.39 is 0 Å². The minimum atomic E-state index is -0.0232. The van der Waals surface area contributed by atoms with Crippen LogP contribution in [0.3, 0.4) is 0 Å². The second kappa shape index (κ2) is 3.90. The van der Waals surface area contributed by atoms with Crippen molar-refractivity contribution in [2.75, 3.05) is 0 Å². The molecule has 2 heterocycles. The molecule has 0 fully saturated rings. The van der Waals surface area contributed by atoms with Gasteiger partial charge in [-0.25, -0.2) is 4.98 Å². The molecule has 4 heteroatoms. The molecule has 2 aromatic rings. The lowest BCUT2D eigenvalue weighted by Gasteiger charge is -2.16. The Morgan fingerprint density at radius 1 is 1.47 bits per heavy atom. The van der Waals surface area contributed by atoms with E-state index >= 15 is 0 Å². The van der Waals surface area contributed by atoms with Crippen molar-refractivity contribution in [3.8, 4) is 0 Å². The van der Waals surface area contributed by atoms with Crippen molar-refractivity contribution in [2.24, 2.45) is 5.73 Å². The van der Waals surface area contributed by atoms with E-state index in [1.165, 1.54) is 0 Å². The van der Waals surface area contributed by atoms with E-state index in [2.05, 4.69) is 11.9 Å². The van der Waals surface area contributed by atoms with Gasteiger partial charge < -0.3 is 14.7 Å². The highest BCUT2D eigenvalue weighted by atomic mass is 16.3. The number of nitrogens with two attached hydrogens (primary N) is 1. The van der Waals surface area contributed by atoms with Crippen LogP contribution in [-0.4, -0.2) is 9.55 Å². The molecular weight excluding hydrogens is 190 g/mol. The van der Waals surface area contributed by atoms with Gasteiger partial charge in [0.25, 0.3) is 0 Å². The summed E-state index contributed by atoms with van der Waals surface area (Å²) in [5, 5.41) is 0. The average Bonchev–Trinajstić information content (AvgIpc) is 2.88. The number of hydrogen-bond donors (Lipinski definition) is 1. The van der Waals surface area contributed by atoms with Crippen LogP contribution in [0.25, 0.3) is 0 Å². The molecule has 0 spiro atoms. The molecule has 2 rings (SSSR count). The first kappa shape index (κ1) is 9.98. The van der Waals surface area contributed by atoms with E-state index in [-0.39, 0.29) is 12.1 Å². The number of rotatable bonds is 3. The first-order chi connectivity index (χ1) is 7.20. The summed E-state index contributed by atoms with van der Waals surface area (Å²) in [5.74, 6) is 0.912. The van der Waals surface area contributed by atoms with Crippen molar-refractivity contribution < 1.29 is 4.42 Å². The Kier molecular flexibility index (Phi) is 2.60. The van der Waals surface area contributed by atoms with E-state index in [9.17, 15) is 0 Å². The highest BCUT2D eigenvalue weighted by Gasteiger charge is 2.15. The molecule has 4 nitrogen and oxygen atoms in total. The van der Waals surface area contributed by atoms with Crippen LogP contribution in [0.1, 0.15) is 37.4 Å². The minimum absolute atomic E-state index is 0.0232. The molecule has 2 atom stereocenters. The maximum absolute atomic E-state index is 5.86. The predicted molar refractivity (Wildman–Crippen MR) is 57.4 cm³/mol. The molecule has 0 aliphatic heterocycles. The minimum Gasteiger partial charge on any atom is -0.467 e. The van der Waals surface area contributed by atoms with Crippen LogP contribution in [0.15, 0.2) is 35.3 Å². The molecule has 0 aliphatic rings. The lowest BCUT2D eigenvalue weighted by atomic mass is 10.2. The zero-order valence-electron chi connectivity index (χ0n) is 8.92. The summed E-state index contributed by atoms with van der Waals surface area (Å²) in [6, 6.07) is 3.94. The number of hydrogen-bond acceptors (Lipinski definition) is 3. The van der Waals surface area contributed by atoms with Gasteiger partial charge in [0.15, 0.2) is 0 Å². The summed E-state index contributed by atoms with van der Waals surface area (Å²) in [6.45, 7) is 4.01. The van der Waals surface area contributed by atoms with Gasteiger partial charge in [-0.2, -0.15) is 0 Å². The molecule has 0 amide bonds. The summed E-state index contributed by atoms with van der Waals surface area (Å²) in [5.41, 5.74) is 6.87. The Labute approximate surface area is 88.7 Å². The topological polar surface area (TPSA) is 57.0 Å². The largest absolute Gasteiger partial charge is 0.467 e. The Morgan fingerprint density at radius 3 is 2.87 bits per heavy atom. The molecule has 0 saturated carbocycles. The first-order valence-electron chi connectivity index (χ1n) is 5.01. The predicted octanol–water partition coefficient (Wildman–Crippen LogP) is 2.11. The lowest BCUT2D eigenvalue weighted by molar-refractivity contribution is 0.436. The summed E-state index contributed by atoms with van der Waals surface area (Å²) < 4.78 is 7.40. The van der Waals surface area contributed by atoms with Crippen LogP contribution in [0.4, 0.5) is 0 Å². The smallest absolute Gasteiger partial charge is 0.126 e. The van der Waals surface area contributed by atoms with Crippen molar-refractivity contribution in [1.29, 1.82) is 0 Å². The van der Waals surface area contributed by atoms with E-state index in [0.717, 1.165) is 11.5 Å². The standard InChI is InChI=1S/C11H15N3O/c1-8(12)10-6-13-7-14(10)9(2)11-4-3-5-15-11/h3-9H,12H2,1-2H3. The van der Waals surface area contributed by atoms with Crippen molar-refractivity contribution in [2.45, 2.75) is 25.9 Å². The maximum Gasteiger partial charge on any atom is 0.126 e. The van der Waals surface area contributed by atoms with E-state index in [1.807, 2.05) is 23.6 Å². The SMILES string of the molecule is CC(N)c1cncn1C(C)c1ccco1. The number of imidazole rings is 1. The Morgan fingerprint density at radius 2 is 2.27 bits per heavy atom. The van der Waals surface area contributed by atoms with Crippen LogP contribution < -0.4 is 5.73 Å². The molecule has 0 aliphatic carbocycles. The van der Waals surface area contributed by atoms with E-state index in [1.54, 1.807) is 18.8 Å². The first-order valence-corrected chi connectivity index (χ1v) is 5.01. The van der Waals surface area contributed by atoms with Crippen LogP contribution in [0.5, 0.6) is 0 Å². The Bertz CT molecular complexity index is 417. The van der Waals surface area contributed by atoms with E-state index in [4.69, 9.17) is 10.2 Å². The van der Waals surface area contributed by atoms with Gasteiger partial charge in [-0.05, 0) is 26.0 Å². The van der Waals surface area contributed by atoms with Gasteiger partial charge >= 0.3 is 0 Å². The van der Waals surface area contributed by atoms with Crippen molar-refractivity contribution in [3.05, 3.63) is 42.4 Å². The summed E-state index contributed by atoms with van der Waals surface area (Å²) in [6.07, 6.45) is 5.25. The third kappa shape index (κ3) is 1.80. The zero-order chi connectivity index (χ0) is 10.8. The third-order valence-electron chi connectivity index (χ3n) is 2.53. The number of nitrogens with zero attached hydrogens (tertiary/aromatic N) is 2. The van der Waals surface area contributed by atoms with Gasteiger partial charge in [-0.15, -0.1) is 0 Å². The second-order valence-corrected chi connectivity index (χ2v) is 3.71. The van der Waals surface area contributed by atoms with Crippen LogP contribution in [0, 0.1) is 0 Å². The third-order valence-corrected chi connectivity index (χ3v) is 2.53. The molecule has 80 valence electrons. The fraction of sp³-hybridized carbons (Fsp3) is 0.364. The quantitative estimate of drug-likeness (QED) is 0.834. The lowest BCUT2D eigenvalue weighted by Crippen LogP contribution is -2.15. The van der Waals surface area contributed by atoms with Gasteiger partial charge in [-0.3, -0.25) is 0 Å². The second-order valence-electron chi connectivity index (χ2n) is 3.71. The molecule has 15 heavy (non-hydrogen) atoms. The highest BCUT2D eigenvalue weighted by molar-refractivity contribution is 5.11. The monoisotopic (exact) mass is 205 g/mol. The summed E-state index contributed by atoms with van der Waals surface area (Å²) in [4.78, 5) is 4.12. The van der Waals surface area contributed by atoms with Gasteiger partial charge in [0.2, 0.25) is 0 Å². The van der Waals surface area contributed by atoms with Crippen molar-refractivity contribution in [3.63, 3.8) is 0 Å². The molecule has 2 unspecified atom stereocenters. The fourth-order valence-corrected chi connectivity index (χ4v) is 1.66. The number of aromatic nitrogens is 2. The molecule has 0 aromatic carbocycles. The van der Waals surface area contributed by atoms with Crippen molar-refractivity contribution >= 4 is 0 Å². The van der Waals surface area contributed by atoms with Crippen molar-refractivity contribution in [1.82, 2.24) is 9.55 Å². The van der Waals surface area contributed by atoms with Crippen LogP contribution in [0.2, 0.25) is 0 Å². The summed E-state index contributed by atoms with van der Waals surface area (Å²) >= 11 is 0. The number of furan rings is 1. The molecule has 0 saturated heterocycles. The van der Waals surface area contributed by atoms with Gasteiger partial charge in [0.1, 0.15) is 5.76 Å². The zero-order valence-corrected chi connectivity index (χ0v) is 8.92. The molecule has 2 N–H and O–H groups in total. The van der Waals surface area contributed by atoms with Gasteiger partial charge in [-0.1, -0.05) is 0 Å². The molecule has 0 bridgehead atoms. The molecule has 2 aromatic heterocycles. The van der Waals surface area contributed by atoms with E-state index in [0.29, 0.717) is 0 Å².